The van der Waals surface area contributed by atoms with E-state index in [1.807, 2.05) is 6.92 Å². The third-order valence-corrected chi connectivity index (χ3v) is 2.43. The van der Waals surface area contributed by atoms with E-state index in [4.69, 9.17) is 0 Å². The molecule has 0 saturated carbocycles. The molecule has 5 nitrogen and oxygen atoms in total. The fourth-order valence-electron chi connectivity index (χ4n) is 1.47. The van der Waals surface area contributed by atoms with Crippen molar-refractivity contribution in [3.8, 4) is 5.75 Å². The Labute approximate surface area is 99.7 Å². The van der Waals surface area contributed by atoms with Crippen molar-refractivity contribution in [3.05, 3.63) is 29.3 Å². The van der Waals surface area contributed by atoms with E-state index < -0.39 is 12.2 Å². The molecule has 0 saturated heterocycles. The lowest BCUT2D eigenvalue weighted by Crippen LogP contribution is -2.34. The summed E-state index contributed by atoms with van der Waals surface area (Å²) >= 11 is 0. The van der Waals surface area contributed by atoms with Gasteiger partial charge in [0.25, 0.3) is 0 Å². The number of rotatable bonds is 4. The third kappa shape index (κ3) is 3.72. The van der Waals surface area contributed by atoms with E-state index in [1.165, 1.54) is 13.0 Å². The molecule has 1 aromatic rings. The van der Waals surface area contributed by atoms with Crippen LogP contribution in [-0.4, -0.2) is 33.9 Å². The Kier molecular flexibility index (Phi) is 4.48. The van der Waals surface area contributed by atoms with E-state index in [-0.39, 0.29) is 23.8 Å². The number of phenols is 1. The van der Waals surface area contributed by atoms with Crippen molar-refractivity contribution in [1.82, 2.24) is 5.32 Å². The molecule has 4 N–H and O–H groups in total. The summed E-state index contributed by atoms with van der Waals surface area (Å²) in [5.41, 5.74) is 1.10. The average molecular weight is 239 g/mol. The Morgan fingerprint density at radius 1 is 1.41 bits per heavy atom. The van der Waals surface area contributed by atoms with E-state index in [9.17, 15) is 20.1 Å². The van der Waals surface area contributed by atoms with Crippen molar-refractivity contribution >= 4 is 5.91 Å². The summed E-state index contributed by atoms with van der Waals surface area (Å²) in [4.78, 5) is 10.7. The van der Waals surface area contributed by atoms with Crippen LogP contribution in [0.25, 0.3) is 0 Å². The van der Waals surface area contributed by atoms with Crippen LogP contribution in [0.1, 0.15) is 24.2 Å². The number of amides is 1. The lowest BCUT2D eigenvalue weighted by atomic mass is 10.0. The van der Waals surface area contributed by atoms with Crippen molar-refractivity contribution in [2.45, 2.75) is 26.1 Å². The number of aliphatic hydroxyl groups is 2. The zero-order valence-electron chi connectivity index (χ0n) is 9.84. The van der Waals surface area contributed by atoms with Gasteiger partial charge in [0, 0.05) is 19.0 Å². The van der Waals surface area contributed by atoms with E-state index in [1.54, 1.807) is 12.1 Å². The second-order valence-corrected chi connectivity index (χ2v) is 4.01. The molecule has 0 fully saturated rings. The molecule has 1 rings (SSSR count). The topological polar surface area (TPSA) is 89.8 Å². The summed E-state index contributed by atoms with van der Waals surface area (Å²) in [6.45, 7) is 3.07. The Balaban J connectivity index is 2.74. The molecule has 0 spiro atoms. The van der Waals surface area contributed by atoms with Crippen LogP contribution in [0.5, 0.6) is 5.75 Å². The van der Waals surface area contributed by atoms with E-state index in [0.717, 1.165) is 5.56 Å². The molecule has 0 aliphatic carbocycles. The third-order valence-electron chi connectivity index (χ3n) is 2.43. The molecule has 0 aromatic heterocycles. The van der Waals surface area contributed by atoms with Crippen LogP contribution in [0.15, 0.2) is 18.2 Å². The molecule has 1 amide bonds. The lowest BCUT2D eigenvalue weighted by Gasteiger charge is -2.19. The molecule has 0 radical (unpaired) electrons. The number of aryl methyl sites for hydroxylation is 1. The zero-order valence-corrected chi connectivity index (χ0v) is 9.84. The highest BCUT2D eigenvalue weighted by atomic mass is 16.3. The summed E-state index contributed by atoms with van der Waals surface area (Å²) in [7, 11) is 0. The average Bonchev–Trinajstić information content (AvgIpc) is 2.25. The minimum Gasteiger partial charge on any atom is -0.508 e. The Morgan fingerprint density at radius 3 is 2.59 bits per heavy atom. The van der Waals surface area contributed by atoms with Gasteiger partial charge in [-0.3, -0.25) is 4.79 Å². The van der Waals surface area contributed by atoms with Crippen molar-refractivity contribution < 1.29 is 20.1 Å². The number of aliphatic hydroxyl groups excluding tert-OH is 2. The molecule has 2 unspecified atom stereocenters. The zero-order chi connectivity index (χ0) is 13.0. The Hall–Kier alpha value is -1.59. The number of benzene rings is 1. The normalized spacial score (nSPS) is 14.1. The van der Waals surface area contributed by atoms with Crippen LogP contribution in [0.4, 0.5) is 0 Å². The predicted molar refractivity (Wildman–Crippen MR) is 62.5 cm³/mol. The number of phenolic OH excluding ortho intramolecular Hbond substituents is 1. The molecule has 17 heavy (non-hydrogen) atoms. The van der Waals surface area contributed by atoms with E-state index in [2.05, 4.69) is 5.32 Å². The largest absolute Gasteiger partial charge is 0.508 e. The second kappa shape index (κ2) is 5.65. The van der Waals surface area contributed by atoms with Gasteiger partial charge >= 0.3 is 0 Å². The highest BCUT2D eigenvalue weighted by Crippen LogP contribution is 2.27. The first-order chi connectivity index (χ1) is 7.91. The van der Waals surface area contributed by atoms with Crippen LogP contribution in [-0.2, 0) is 4.79 Å². The van der Waals surface area contributed by atoms with Crippen LogP contribution < -0.4 is 5.32 Å². The standard InChI is InChI=1S/C12H17NO4/c1-7-3-4-9(10(15)5-7)12(17)11(16)6-13-8(2)14/h3-5,11-12,15-17H,6H2,1-2H3,(H,13,14). The van der Waals surface area contributed by atoms with Gasteiger partial charge in [-0.05, 0) is 18.6 Å². The fraction of sp³-hybridized carbons (Fsp3) is 0.417. The summed E-state index contributed by atoms with van der Waals surface area (Å²) in [6, 6.07) is 4.78. The quantitative estimate of drug-likeness (QED) is 0.605. The predicted octanol–water partition coefficient (Wildman–Crippen LogP) is 0.231. The van der Waals surface area contributed by atoms with Crippen LogP contribution in [0.3, 0.4) is 0 Å². The van der Waals surface area contributed by atoms with Gasteiger partial charge in [0.05, 0.1) is 0 Å². The number of carbonyl (C=O) groups is 1. The Morgan fingerprint density at radius 2 is 2.06 bits per heavy atom. The fourth-order valence-corrected chi connectivity index (χ4v) is 1.47. The molecular formula is C12H17NO4. The smallest absolute Gasteiger partial charge is 0.216 e. The van der Waals surface area contributed by atoms with Gasteiger partial charge in [-0.2, -0.15) is 0 Å². The SMILES string of the molecule is CC(=O)NCC(O)C(O)c1ccc(C)cc1O. The number of nitrogens with one attached hydrogen (secondary N) is 1. The van der Waals surface area contributed by atoms with E-state index in [0.29, 0.717) is 0 Å². The first-order valence-corrected chi connectivity index (χ1v) is 5.32. The van der Waals surface area contributed by atoms with Gasteiger partial charge in [-0.15, -0.1) is 0 Å². The van der Waals surface area contributed by atoms with Gasteiger partial charge in [0.2, 0.25) is 5.91 Å². The molecular weight excluding hydrogens is 222 g/mol. The number of aromatic hydroxyl groups is 1. The molecule has 2 atom stereocenters. The van der Waals surface area contributed by atoms with Gasteiger partial charge in [-0.1, -0.05) is 12.1 Å². The minimum atomic E-state index is -1.23. The highest BCUT2D eigenvalue weighted by Gasteiger charge is 2.21. The molecule has 1 aromatic carbocycles. The summed E-state index contributed by atoms with van der Waals surface area (Å²) in [6.07, 6.45) is -2.39. The minimum absolute atomic E-state index is 0.0657. The molecule has 0 bridgehead atoms. The number of hydrogen-bond donors (Lipinski definition) is 4. The first-order valence-electron chi connectivity index (χ1n) is 5.32. The number of hydrogen-bond acceptors (Lipinski definition) is 4. The van der Waals surface area contributed by atoms with Gasteiger partial charge in [0.1, 0.15) is 18.0 Å². The van der Waals surface area contributed by atoms with Crippen molar-refractivity contribution in [2.75, 3.05) is 6.54 Å². The maximum atomic E-state index is 10.7. The van der Waals surface area contributed by atoms with Gasteiger partial charge < -0.3 is 20.6 Å². The molecule has 94 valence electrons. The van der Waals surface area contributed by atoms with Crippen LogP contribution in [0.2, 0.25) is 0 Å². The number of carbonyl (C=O) groups excluding carboxylic acids is 1. The van der Waals surface area contributed by atoms with Gasteiger partial charge in [-0.25, -0.2) is 0 Å². The monoisotopic (exact) mass is 239 g/mol. The van der Waals surface area contributed by atoms with Crippen molar-refractivity contribution in [2.24, 2.45) is 0 Å². The first kappa shape index (κ1) is 13.5. The molecule has 0 heterocycles. The second-order valence-electron chi connectivity index (χ2n) is 4.01. The lowest BCUT2D eigenvalue weighted by molar-refractivity contribution is -0.119. The molecule has 5 heteroatoms. The van der Waals surface area contributed by atoms with Crippen molar-refractivity contribution in [3.63, 3.8) is 0 Å². The maximum absolute atomic E-state index is 10.7. The van der Waals surface area contributed by atoms with Crippen molar-refractivity contribution in [1.29, 1.82) is 0 Å². The molecule has 0 aliphatic rings. The summed E-state index contributed by atoms with van der Waals surface area (Å²) < 4.78 is 0. The maximum Gasteiger partial charge on any atom is 0.216 e. The Bertz CT molecular complexity index is 405. The summed E-state index contributed by atoms with van der Waals surface area (Å²) in [5.74, 6) is -0.358. The summed E-state index contributed by atoms with van der Waals surface area (Å²) in [5, 5.41) is 31.5. The van der Waals surface area contributed by atoms with Crippen LogP contribution >= 0.6 is 0 Å². The van der Waals surface area contributed by atoms with Gasteiger partial charge in [0.15, 0.2) is 0 Å². The van der Waals surface area contributed by atoms with E-state index >= 15 is 0 Å². The van der Waals surface area contributed by atoms with Crippen LogP contribution in [0, 0.1) is 6.92 Å². The molecule has 0 aliphatic heterocycles. The highest BCUT2D eigenvalue weighted by molar-refractivity contribution is 5.72.